The predicted octanol–water partition coefficient (Wildman–Crippen LogP) is 4.43. The number of rotatable bonds is 5. The van der Waals surface area contributed by atoms with Crippen molar-refractivity contribution in [2.24, 2.45) is 0 Å². The van der Waals surface area contributed by atoms with Crippen LogP contribution in [0.3, 0.4) is 0 Å². The van der Waals surface area contributed by atoms with Gasteiger partial charge in [-0.15, -0.1) is 0 Å². The Balaban J connectivity index is 1.93. The SMILES string of the molecule is c1ccc([P+](NC2CCCC2)(c2ccccc2)c2ccccc2)cc1. The number of hydrogen-bond acceptors (Lipinski definition) is 1. The third kappa shape index (κ3) is 3.27. The van der Waals surface area contributed by atoms with Crippen molar-refractivity contribution < 1.29 is 0 Å². The van der Waals surface area contributed by atoms with Gasteiger partial charge in [-0.2, -0.15) is 5.09 Å². The summed E-state index contributed by atoms with van der Waals surface area (Å²) in [6, 6.07) is 33.8. The van der Waals surface area contributed by atoms with Gasteiger partial charge in [0.05, 0.1) is 0 Å². The van der Waals surface area contributed by atoms with Gasteiger partial charge in [0.1, 0.15) is 15.9 Å². The normalized spacial score (nSPS) is 15.4. The molecule has 1 nitrogen and oxygen atoms in total. The highest BCUT2D eigenvalue weighted by molar-refractivity contribution is 7.94. The lowest BCUT2D eigenvalue weighted by molar-refractivity contribution is 0.650. The molecule has 0 heterocycles. The van der Waals surface area contributed by atoms with Crippen LogP contribution in [-0.2, 0) is 0 Å². The summed E-state index contributed by atoms with van der Waals surface area (Å²) in [5, 5.41) is 8.44. The molecule has 0 atom stereocenters. The molecule has 0 unspecified atom stereocenters. The second kappa shape index (κ2) is 7.52. The molecule has 0 amide bonds. The Hall–Kier alpha value is -1.95. The van der Waals surface area contributed by atoms with E-state index in [0.717, 1.165) is 0 Å². The van der Waals surface area contributed by atoms with Crippen molar-refractivity contribution in [3.8, 4) is 0 Å². The summed E-state index contributed by atoms with van der Waals surface area (Å²) in [6.45, 7) is 0. The highest BCUT2D eigenvalue weighted by atomic mass is 31.2. The summed E-state index contributed by atoms with van der Waals surface area (Å²) in [5.74, 6) is 0. The maximum absolute atomic E-state index is 4.19. The van der Waals surface area contributed by atoms with Crippen molar-refractivity contribution in [3.63, 3.8) is 0 Å². The van der Waals surface area contributed by atoms with Crippen molar-refractivity contribution >= 4 is 23.3 Å². The topological polar surface area (TPSA) is 12.0 Å². The molecular weight excluding hydrogens is 321 g/mol. The molecule has 1 N–H and O–H groups in total. The fourth-order valence-corrected chi connectivity index (χ4v) is 7.96. The minimum atomic E-state index is -1.85. The van der Waals surface area contributed by atoms with Crippen molar-refractivity contribution in [3.05, 3.63) is 91.0 Å². The maximum atomic E-state index is 4.19. The van der Waals surface area contributed by atoms with Crippen LogP contribution < -0.4 is 21.0 Å². The molecule has 0 spiro atoms. The van der Waals surface area contributed by atoms with Crippen LogP contribution in [-0.4, -0.2) is 6.04 Å². The Kier molecular flexibility index (Phi) is 4.97. The standard InChI is InChI=1S/C23H25NP/c1-4-14-21(15-5-1)25(22-16-6-2-7-17-22,23-18-8-3-9-19-23)24-20-12-10-11-13-20/h1-9,14-20,24H,10-13H2/q+1. The van der Waals surface area contributed by atoms with Crippen LogP contribution in [0.25, 0.3) is 0 Å². The minimum absolute atomic E-state index is 0.606. The van der Waals surface area contributed by atoms with Crippen molar-refractivity contribution in [1.29, 1.82) is 0 Å². The first-order chi connectivity index (χ1) is 12.4. The van der Waals surface area contributed by atoms with Crippen LogP contribution in [0.15, 0.2) is 91.0 Å². The average Bonchev–Trinajstić information content (AvgIpc) is 3.21. The van der Waals surface area contributed by atoms with Gasteiger partial charge in [-0.3, -0.25) is 0 Å². The first-order valence-electron chi connectivity index (χ1n) is 9.23. The van der Waals surface area contributed by atoms with Gasteiger partial charge >= 0.3 is 0 Å². The monoisotopic (exact) mass is 346 g/mol. The predicted molar refractivity (Wildman–Crippen MR) is 111 cm³/mol. The molecular formula is C23H25NP+. The smallest absolute Gasteiger partial charge is 0.175 e. The Morgan fingerprint density at radius 1 is 0.560 bits per heavy atom. The van der Waals surface area contributed by atoms with E-state index in [1.165, 1.54) is 41.6 Å². The lowest BCUT2D eigenvalue weighted by Gasteiger charge is -2.30. The second-order valence-electron chi connectivity index (χ2n) is 6.79. The van der Waals surface area contributed by atoms with E-state index in [-0.39, 0.29) is 0 Å². The van der Waals surface area contributed by atoms with E-state index in [4.69, 9.17) is 0 Å². The highest BCUT2D eigenvalue weighted by Crippen LogP contribution is 2.52. The molecule has 0 radical (unpaired) electrons. The summed E-state index contributed by atoms with van der Waals surface area (Å²) < 4.78 is 0. The van der Waals surface area contributed by atoms with Gasteiger partial charge in [-0.1, -0.05) is 67.4 Å². The van der Waals surface area contributed by atoms with Crippen molar-refractivity contribution in [2.45, 2.75) is 31.7 Å². The second-order valence-corrected chi connectivity index (χ2v) is 9.94. The maximum Gasteiger partial charge on any atom is 0.178 e. The van der Waals surface area contributed by atoms with Crippen LogP contribution in [0.2, 0.25) is 0 Å². The largest absolute Gasteiger partial charge is 0.178 e. The zero-order valence-corrected chi connectivity index (χ0v) is 15.4. The lowest BCUT2D eigenvalue weighted by Crippen LogP contribution is -2.44. The molecule has 25 heavy (non-hydrogen) atoms. The Morgan fingerprint density at radius 2 is 0.920 bits per heavy atom. The van der Waals surface area contributed by atoms with Crippen LogP contribution in [0.1, 0.15) is 25.7 Å². The van der Waals surface area contributed by atoms with E-state index in [1.54, 1.807) is 0 Å². The van der Waals surface area contributed by atoms with Gasteiger partial charge < -0.3 is 0 Å². The fraction of sp³-hybridized carbons (Fsp3) is 0.217. The number of hydrogen-bond donors (Lipinski definition) is 1. The third-order valence-electron chi connectivity index (χ3n) is 5.16. The van der Waals surface area contributed by atoms with Gasteiger partial charge in [0.25, 0.3) is 0 Å². The van der Waals surface area contributed by atoms with Gasteiger partial charge in [-0.25, -0.2) is 0 Å². The highest BCUT2D eigenvalue weighted by Gasteiger charge is 2.47. The first kappa shape index (κ1) is 16.5. The first-order valence-corrected chi connectivity index (χ1v) is 11.0. The molecule has 3 aromatic carbocycles. The molecule has 1 fully saturated rings. The van der Waals surface area contributed by atoms with Crippen LogP contribution >= 0.6 is 7.41 Å². The van der Waals surface area contributed by atoms with Crippen LogP contribution in [0, 0.1) is 0 Å². The number of benzene rings is 3. The molecule has 0 saturated heterocycles. The van der Waals surface area contributed by atoms with E-state index < -0.39 is 7.41 Å². The van der Waals surface area contributed by atoms with Crippen molar-refractivity contribution in [2.75, 3.05) is 0 Å². The van der Waals surface area contributed by atoms with Gasteiger partial charge in [-0.05, 0) is 49.2 Å². The van der Waals surface area contributed by atoms with Crippen molar-refractivity contribution in [1.82, 2.24) is 5.09 Å². The van der Waals surface area contributed by atoms with E-state index in [1.807, 2.05) is 0 Å². The molecule has 0 aromatic heterocycles. The molecule has 1 aliphatic carbocycles. The van der Waals surface area contributed by atoms with Crippen LogP contribution in [0.5, 0.6) is 0 Å². The molecule has 3 aromatic rings. The molecule has 0 bridgehead atoms. The van der Waals surface area contributed by atoms with Gasteiger partial charge in [0.2, 0.25) is 0 Å². The quantitative estimate of drug-likeness (QED) is 0.674. The van der Waals surface area contributed by atoms with Gasteiger partial charge in [0.15, 0.2) is 7.41 Å². The summed E-state index contributed by atoms with van der Waals surface area (Å²) in [6.07, 6.45) is 5.26. The number of nitrogens with one attached hydrogen (secondary N) is 1. The van der Waals surface area contributed by atoms with E-state index >= 15 is 0 Å². The summed E-state index contributed by atoms with van der Waals surface area (Å²) >= 11 is 0. The molecule has 1 saturated carbocycles. The Morgan fingerprint density at radius 3 is 1.28 bits per heavy atom. The van der Waals surface area contributed by atoms with E-state index in [2.05, 4.69) is 96.1 Å². The molecule has 2 heteroatoms. The Labute approximate surface area is 151 Å². The molecule has 0 aliphatic heterocycles. The summed E-state index contributed by atoms with van der Waals surface area (Å²) in [5.41, 5.74) is 0. The fourth-order valence-electron chi connectivity index (χ4n) is 3.95. The minimum Gasteiger partial charge on any atom is -0.175 e. The van der Waals surface area contributed by atoms with Crippen LogP contribution in [0.4, 0.5) is 0 Å². The molecule has 4 rings (SSSR count). The zero-order valence-electron chi connectivity index (χ0n) is 14.5. The average molecular weight is 346 g/mol. The zero-order chi connectivity index (χ0) is 17.0. The van der Waals surface area contributed by atoms with E-state index in [0.29, 0.717) is 6.04 Å². The molecule has 126 valence electrons. The Bertz CT molecular complexity index is 683. The third-order valence-corrected chi connectivity index (χ3v) is 9.13. The lowest BCUT2D eigenvalue weighted by atomic mass is 10.3. The summed E-state index contributed by atoms with van der Waals surface area (Å²) in [7, 11) is -1.85. The molecule has 1 aliphatic rings. The summed E-state index contributed by atoms with van der Waals surface area (Å²) in [4.78, 5) is 0. The van der Waals surface area contributed by atoms with Gasteiger partial charge in [0, 0.05) is 6.04 Å². The van der Waals surface area contributed by atoms with E-state index in [9.17, 15) is 0 Å².